The summed E-state index contributed by atoms with van der Waals surface area (Å²) in [6, 6.07) is 6.46. The van der Waals surface area contributed by atoms with Crippen molar-refractivity contribution in [3.63, 3.8) is 0 Å². The van der Waals surface area contributed by atoms with Crippen LogP contribution in [0.1, 0.15) is 36.7 Å². The molecule has 0 aliphatic carbocycles. The number of hydrogen-bond acceptors (Lipinski definition) is 8. The minimum absolute atomic E-state index is 0.0105. The number of anilines is 2. The number of fused-ring (bicyclic) bond motifs is 1. The van der Waals surface area contributed by atoms with E-state index in [4.69, 9.17) is 16.6 Å². The second-order valence-electron chi connectivity index (χ2n) is 10.8. The van der Waals surface area contributed by atoms with E-state index in [-0.39, 0.29) is 19.0 Å². The van der Waals surface area contributed by atoms with Gasteiger partial charge in [0.1, 0.15) is 17.4 Å². The van der Waals surface area contributed by atoms with E-state index in [1.807, 2.05) is 17.5 Å². The number of carbonyl (C=O) groups excluding carboxylic acids is 1. The topological polar surface area (TPSA) is 105 Å². The van der Waals surface area contributed by atoms with Crippen LogP contribution in [0.3, 0.4) is 0 Å². The summed E-state index contributed by atoms with van der Waals surface area (Å²) in [4.78, 5) is 24.3. The zero-order valence-electron chi connectivity index (χ0n) is 23.3. The van der Waals surface area contributed by atoms with E-state index in [9.17, 15) is 9.18 Å². The highest BCUT2D eigenvalue weighted by atomic mass is 35.5. The first-order chi connectivity index (χ1) is 20.3. The van der Waals surface area contributed by atoms with Crippen molar-refractivity contribution in [2.75, 3.05) is 18.4 Å². The number of nitrogens with one attached hydrogen (secondary N) is 2. The molecule has 10 nitrogen and oxygen atoms in total. The summed E-state index contributed by atoms with van der Waals surface area (Å²) in [6.07, 6.45) is 9.69. The second kappa shape index (κ2) is 12.2. The van der Waals surface area contributed by atoms with Gasteiger partial charge in [0, 0.05) is 48.2 Å². The van der Waals surface area contributed by atoms with Crippen LogP contribution in [-0.4, -0.2) is 52.4 Å². The summed E-state index contributed by atoms with van der Waals surface area (Å²) in [7, 11) is 0. The number of aryl methyl sites for hydroxylation is 1. The SMILES string of the molecule is Cc1cn2c(-c3cnn(CC(=O)NCc4ccc(Cl)cc4F)c3)cnc2c(Nc2cc(CN3CCCC(C)C3)ns2)n1. The van der Waals surface area contributed by atoms with Gasteiger partial charge in [-0.05, 0) is 62.0 Å². The third-order valence-electron chi connectivity index (χ3n) is 7.27. The lowest BCUT2D eigenvalue weighted by Crippen LogP contribution is -2.33. The summed E-state index contributed by atoms with van der Waals surface area (Å²) < 4.78 is 22.2. The van der Waals surface area contributed by atoms with Gasteiger partial charge in [-0.15, -0.1) is 0 Å². The predicted molar refractivity (Wildman–Crippen MR) is 161 cm³/mol. The van der Waals surface area contributed by atoms with Gasteiger partial charge in [-0.3, -0.25) is 18.8 Å². The standard InChI is InChI=1S/C29H31ClFN9OS/c1-18-4-3-7-38(13-18)16-23-9-27(42-37-23)36-28-29-33-12-25(40(29)14-19(2)35-28)21-11-34-39(15-21)17-26(41)32-10-20-5-6-22(30)8-24(20)31/h5-6,8-9,11-12,14-15,18H,3-4,7,10,13,16-17H2,1-2H3,(H,32,41)(H,35,36). The van der Waals surface area contributed by atoms with E-state index >= 15 is 0 Å². The quantitative estimate of drug-likeness (QED) is 0.230. The number of rotatable bonds is 9. The smallest absolute Gasteiger partial charge is 0.241 e. The molecule has 1 aromatic carbocycles. The molecule has 1 aliphatic rings. The zero-order chi connectivity index (χ0) is 29.2. The van der Waals surface area contributed by atoms with Crippen LogP contribution in [0.15, 0.2) is 49.1 Å². The molecule has 218 valence electrons. The third-order valence-corrected chi connectivity index (χ3v) is 8.24. The van der Waals surface area contributed by atoms with Crippen molar-refractivity contribution in [3.05, 3.63) is 76.8 Å². The molecule has 5 aromatic rings. The molecule has 5 heterocycles. The molecule has 0 spiro atoms. The molecule has 1 fully saturated rings. The zero-order valence-corrected chi connectivity index (χ0v) is 24.9. The summed E-state index contributed by atoms with van der Waals surface area (Å²) in [5.41, 5.74) is 4.52. The molecule has 1 aliphatic heterocycles. The summed E-state index contributed by atoms with van der Waals surface area (Å²) in [5.74, 6) is 0.620. The number of imidazole rings is 1. The van der Waals surface area contributed by atoms with E-state index in [0.29, 0.717) is 22.1 Å². The lowest BCUT2D eigenvalue weighted by molar-refractivity contribution is -0.122. The van der Waals surface area contributed by atoms with Gasteiger partial charge in [0.2, 0.25) is 5.91 Å². The number of carbonyl (C=O) groups is 1. The Hall–Kier alpha value is -3.87. The fourth-order valence-electron chi connectivity index (χ4n) is 5.27. The van der Waals surface area contributed by atoms with Gasteiger partial charge in [0.15, 0.2) is 11.5 Å². The minimum atomic E-state index is -0.460. The first-order valence-corrected chi connectivity index (χ1v) is 15.0. The Morgan fingerprint density at radius 3 is 2.95 bits per heavy atom. The second-order valence-corrected chi connectivity index (χ2v) is 12.0. The van der Waals surface area contributed by atoms with Gasteiger partial charge in [0.25, 0.3) is 0 Å². The Kier molecular flexibility index (Phi) is 8.18. The monoisotopic (exact) mass is 607 g/mol. The number of piperidine rings is 1. The number of benzene rings is 1. The number of halogens is 2. The number of amides is 1. The van der Waals surface area contributed by atoms with Crippen molar-refractivity contribution >= 4 is 45.5 Å². The van der Waals surface area contributed by atoms with E-state index < -0.39 is 5.82 Å². The molecule has 42 heavy (non-hydrogen) atoms. The van der Waals surface area contributed by atoms with Crippen LogP contribution < -0.4 is 10.6 Å². The third kappa shape index (κ3) is 6.45. The van der Waals surface area contributed by atoms with Crippen molar-refractivity contribution in [3.8, 4) is 11.3 Å². The number of aromatic nitrogens is 6. The average molecular weight is 608 g/mol. The van der Waals surface area contributed by atoms with Gasteiger partial charge >= 0.3 is 0 Å². The molecule has 1 amide bonds. The lowest BCUT2D eigenvalue weighted by atomic mass is 10.0. The fraction of sp³-hybridized carbons (Fsp3) is 0.345. The van der Waals surface area contributed by atoms with Crippen LogP contribution in [0.25, 0.3) is 16.9 Å². The lowest BCUT2D eigenvalue weighted by Gasteiger charge is -2.30. The van der Waals surface area contributed by atoms with E-state index in [0.717, 1.165) is 53.2 Å². The Morgan fingerprint density at radius 2 is 2.12 bits per heavy atom. The Balaban J connectivity index is 1.13. The van der Waals surface area contributed by atoms with Crippen LogP contribution in [0.2, 0.25) is 5.02 Å². The van der Waals surface area contributed by atoms with Gasteiger partial charge in [0.05, 0.1) is 29.5 Å². The average Bonchev–Trinajstić information content (AvgIpc) is 3.68. The van der Waals surface area contributed by atoms with Crippen molar-refractivity contribution in [2.24, 2.45) is 5.92 Å². The summed E-state index contributed by atoms with van der Waals surface area (Å²) in [5, 5.41) is 11.7. The van der Waals surface area contributed by atoms with Crippen LogP contribution in [0, 0.1) is 18.7 Å². The van der Waals surface area contributed by atoms with Gasteiger partial charge in [-0.25, -0.2) is 14.4 Å². The maximum absolute atomic E-state index is 14.0. The molecule has 0 saturated carbocycles. The first-order valence-electron chi connectivity index (χ1n) is 13.8. The highest BCUT2D eigenvalue weighted by Crippen LogP contribution is 2.28. The van der Waals surface area contributed by atoms with Crippen LogP contribution in [0.4, 0.5) is 15.2 Å². The molecule has 1 unspecified atom stereocenters. The molecular weight excluding hydrogens is 577 g/mol. The Morgan fingerprint density at radius 1 is 1.24 bits per heavy atom. The molecule has 4 aromatic heterocycles. The van der Waals surface area contributed by atoms with Crippen molar-refractivity contribution < 1.29 is 9.18 Å². The highest BCUT2D eigenvalue weighted by Gasteiger charge is 2.19. The van der Waals surface area contributed by atoms with Gasteiger partial charge in [-0.1, -0.05) is 24.6 Å². The van der Waals surface area contributed by atoms with Crippen LogP contribution in [-0.2, 0) is 24.4 Å². The van der Waals surface area contributed by atoms with Crippen molar-refractivity contribution in [1.82, 2.24) is 38.7 Å². The first kappa shape index (κ1) is 28.3. The largest absolute Gasteiger partial charge is 0.350 e. The summed E-state index contributed by atoms with van der Waals surface area (Å²) >= 11 is 7.22. The van der Waals surface area contributed by atoms with E-state index in [2.05, 4.69) is 43.0 Å². The number of hydrogen-bond donors (Lipinski definition) is 2. The minimum Gasteiger partial charge on any atom is -0.350 e. The van der Waals surface area contributed by atoms with Crippen LogP contribution >= 0.6 is 23.1 Å². The maximum atomic E-state index is 14.0. The molecule has 0 bridgehead atoms. The van der Waals surface area contributed by atoms with E-state index in [1.54, 1.807) is 30.7 Å². The van der Waals surface area contributed by atoms with Gasteiger partial charge < -0.3 is 10.6 Å². The fourth-order valence-corrected chi connectivity index (χ4v) is 6.09. The van der Waals surface area contributed by atoms with Crippen molar-refractivity contribution in [1.29, 1.82) is 0 Å². The number of nitrogens with zero attached hydrogens (tertiary/aromatic N) is 7. The van der Waals surface area contributed by atoms with Crippen LogP contribution in [0.5, 0.6) is 0 Å². The van der Waals surface area contributed by atoms with E-state index in [1.165, 1.54) is 35.1 Å². The molecule has 13 heteroatoms. The molecule has 1 saturated heterocycles. The van der Waals surface area contributed by atoms with Gasteiger partial charge in [-0.2, -0.15) is 9.47 Å². The highest BCUT2D eigenvalue weighted by molar-refractivity contribution is 7.10. The molecule has 6 rings (SSSR count). The normalized spacial score (nSPS) is 15.8. The molecule has 0 radical (unpaired) electrons. The Labute approximate surface area is 251 Å². The molecule has 1 atom stereocenters. The molecule has 2 N–H and O–H groups in total. The maximum Gasteiger partial charge on any atom is 0.241 e. The molecular formula is C29H31ClFN9OS. The number of likely N-dealkylation sites (tertiary alicyclic amines) is 1. The predicted octanol–water partition coefficient (Wildman–Crippen LogP) is 5.44. The van der Waals surface area contributed by atoms with Crippen molar-refractivity contribution in [2.45, 2.75) is 46.3 Å². The summed E-state index contributed by atoms with van der Waals surface area (Å²) in [6.45, 7) is 7.37. The Bertz CT molecular complexity index is 1730.